The molecule has 0 unspecified atom stereocenters. The van der Waals surface area contributed by atoms with Gasteiger partial charge in [0, 0.05) is 6.04 Å². The average Bonchev–Trinajstić information content (AvgIpc) is 2.50. The average molecular weight is 339 g/mol. The van der Waals surface area contributed by atoms with E-state index in [1.807, 2.05) is 63.2 Å². The second-order valence-electron chi connectivity index (χ2n) is 6.65. The topological polar surface area (TPSA) is 66.4 Å². The smallest absolute Gasteiger partial charge is 0.305 e. The molecule has 0 aliphatic carbocycles. The molecule has 0 saturated carbocycles. The van der Waals surface area contributed by atoms with Crippen LogP contribution in [-0.4, -0.2) is 23.0 Å². The minimum atomic E-state index is -0.913. The molecule has 4 heteroatoms. The molecule has 0 spiro atoms. The first-order chi connectivity index (χ1) is 11.8. The van der Waals surface area contributed by atoms with Gasteiger partial charge >= 0.3 is 5.97 Å². The summed E-state index contributed by atoms with van der Waals surface area (Å²) < 4.78 is 0. The highest BCUT2D eigenvalue weighted by Crippen LogP contribution is 2.12. The summed E-state index contributed by atoms with van der Waals surface area (Å²) in [6.45, 7) is 6.04. The van der Waals surface area contributed by atoms with E-state index < -0.39 is 12.0 Å². The fourth-order valence-electron chi connectivity index (χ4n) is 2.89. The first-order valence-electron chi connectivity index (χ1n) is 8.46. The largest absolute Gasteiger partial charge is 0.481 e. The monoisotopic (exact) mass is 339 g/mol. The van der Waals surface area contributed by atoms with E-state index in [1.165, 1.54) is 5.56 Å². The molecule has 0 fully saturated rings. The summed E-state index contributed by atoms with van der Waals surface area (Å²) in [6, 6.07) is 13.4. The number of benzene rings is 2. The van der Waals surface area contributed by atoms with Crippen molar-refractivity contribution in [3.05, 3.63) is 70.3 Å². The lowest BCUT2D eigenvalue weighted by molar-refractivity contribution is -0.137. The van der Waals surface area contributed by atoms with Crippen LogP contribution in [0.15, 0.2) is 42.5 Å². The van der Waals surface area contributed by atoms with Gasteiger partial charge in [0.2, 0.25) is 5.91 Å². The maximum Gasteiger partial charge on any atom is 0.305 e. The molecule has 0 saturated heterocycles. The summed E-state index contributed by atoms with van der Waals surface area (Å²) in [7, 11) is 0. The van der Waals surface area contributed by atoms with Gasteiger partial charge in [0.15, 0.2) is 0 Å². The molecule has 2 aromatic rings. The van der Waals surface area contributed by atoms with Crippen LogP contribution in [0.4, 0.5) is 0 Å². The molecule has 2 aromatic carbocycles. The van der Waals surface area contributed by atoms with Crippen LogP contribution in [0, 0.1) is 20.8 Å². The first-order valence-corrected chi connectivity index (χ1v) is 8.46. The summed E-state index contributed by atoms with van der Waals surface area (Å²) in [5.41, 5.74) is 5.41. The molecule has 132 valence electrons. The number of aryl methyl sites for hydroxylation is 3. The van der Waals surface area contributed by atoms with Gasteiger partial charge in [0.25, 0.3) is 0 Å². The zero-order valence-electron chi connectivity index (χ0n) is 15.0. The predicted molar refractivity (Wildman–Crippen MR) is 98.7 cm³/mol. The van der Waals surface area contributed by atoms with Crippen molar-refractivity contribution in [1.82, 2.24) is 5.32 Å². The van der Waals surface area contributed by atoms with Gasteiger partial charge in [-0.25, -0.2) is 0 Å². The second-order valence-corrected chi connectivity index (χ2v) is 6.65. The van der Waals surface area contributed by atoms with Gasteiger partial charge in [-0.3, -0.25) is 9.59 Å². The van der Waals surface area contributed by atoms with E-state index in [-0.39, 0.29) is 18.7 Å². The lowest BCUT2D eigenvalue weighted by Crippen LogP contribution is -2.39. The molecule has 0 heterocycles. The zero-order valence-corrected chi connectivity index (χ0v) is 15.0. The SMILES string of the molecule is Cc1cccc(C[C@H](CC(=O)O)NC(=O)Cc2ccc(C)c(C)c2)c1. The van der Waals surface area contributed by atoms with Crippen LogP contribution in [0.1, 0.15) is 34.2 Å². The Hall–Kier alpha value is -2.62. The molecule has 0 aliphatic heterocycles. The fraction of sp³-hybridized carbons (Fsp3) is 0.333. The number of carbonyl (C=O) groups is 2. The Balaban J connectivity index is 2.03. The minimum absolute atomic E-state index is 0.0907. The highest BCUT2D eigenvalue weighted by atomic mass is 16.4. The normalized spacial score (nSPS) is 11.8. The van der Waals surface area contributed by atoms with Crippen LogP contribution in [0.5, 0.6) is 0 Å². The van der Waals surface area contributed by atoms with Crippen molar-refractivity contribution in [2.24, 2.45) is 0 Å². The van der Waals surface area contributed by atoms with Gasteiger partial charge in [-0.05, 0) is 49.4 Å². The third kappa shape index (κ3) is 6.07. The van der Waals surface area contributed by atoms with Crippen molar-refractivity contribution in [1.29, 1.82) is 0 Å². The lowest BCUT2D eigenvalue weighted by Gasteiger charge is -2.18. The summed E-state index contributed by atoms with van der Waals surface area (Å²) >= 11 is 0. The number of amides is 1. The summed E-state index contributed by atoms with van der Waals surface area (Å²) in [5, 5.41) is 12.0. The van der Waals surface area contributed by atoms with E-state index in [0.29, 0.717) is 6.42 Å². The molecule has 1 atom stereocenters. The van der Waals surface area contributed by atoms with Crippen LogP contribution in [0.25, 0.3) is 0 Å². The third-order valence-electron chi connectivity index (χ3n) is 4.29. The Kier molecular flexibility index (Phi) is 6.34. The van der Waals surface area contributed by atoms with Crippen LogP contribution in [0.2, 0.25) is 0 Å². The number of hydrogen-bond donors (Lipinski definition) is 2. The van der Waals surface area contributed by atoms with Gasteiger partial charge in [-0.1, -0.05) is 48.0 Å². The van der Waals surface area contributed by atoms with Crippen molar-refractivity contribution in [3.63, 3.8) is 0 Å². The van der Waals surface area contributed by atoms with E-state index in [0.717, 1.165) is 22.3 Å². The van der Waals surface area contributed by atoms with Crippen LogP contribution in [0.3, 0.4) is 0 Å². The molecule has 0 radical (unpaired) electrons. The van der Waals surface area contributed by atoms with E-state index in [1.54, 1.807) is 0 Å². The van der Waals surface area contributed by atoms with Crippen molar-refractivity contribution >= 4 is 11.9 Å². The minimum Gasteiger partial charge on any atom is -0.481 e. The van der Waals surface area contributed by atoms with Crippen molar-refractivity contribution in [2.45, 2.75) is 46.1 Å². The van der Waals surface area contributed by atoms with Gasteiger partial charge < -0.3 is 10.4 Å². The lowest BCUT2D eigenvalue weighted by atomic mass is 10.0. The van der Waals surface area contributed by atoms with Crippen LogP contribution >= 0.6 is 0 Å². The van der Waals surface area contributed by atoms with E-state index in [2.05, 4.69) is 5.32 Å². The Morgan fingerprint density at radius 3 is 2.40 bits per heavy atom. The number of nitrogens with one attached hydrogen (secondary N) is 1. The molecular weight excluding hydrogens is 314 g/mol. The molecule has 0 aliphatic rings. The number of carbonyl (C=O) groups excluding carboxylic acids is 1. The summed E-state index contributed by atoms with van der Waals surface area (Å²) in [5.74, 6) is -1.06. The Morgan fingerprint density at radius 1 is 1.00 bits per heavy atom. The van der Waals surface area contributed by atoms with Gasteiger partial charge in [0.05, 0.1) is 12.8 Å². The Labute approximate surface area is 148 Å². The molecule has 0 bridgehead atoms. The fourth-order valence-corrected chi connectivity index (χ4v) is 2.89. The number of aliphatic carboxylic acids is 1. The van der Waals surface area contributed by atoms with Gasteiger partial charge in [-0.2, -0.15) is 0 Å². The predicted octanol–water partition coefficient (Wildman–Crippen LogP) is 3.36. The number of rotatable bonds is 7. The first kappa shape index (κ1) is 18.7. The molecule has 4 nitrogen and oxygen atoms in total. The summed E-state index contributed by atoms with van der Waals surface area (Å²) in [6.07, 6.45) is 0.671. The maximum atomic E-state index is 12.4. The summed E-state index contributed by atoms with van der Waals surface area (Å²) in [4.78, 5) is 23.5. The highest BCUT2D eigenvalue weighted by molar-refractivity contribution is 5.79. The van der Waals surface area contributed by atoms with Crippen molar-refractivity contribution in [3.8, 4) is 0 Å². The van der Waals surface area contributed by atoms with Crippen molar-refractivity contribution in [2.75, 3.05) is 0 Å². The van der Waals surface area contributed by atoms with Gasteiger partial charge in [0.1, 0.15) is 0 Å². The van der Waals surface area contributed by atoms with E-state index in [4.69, 9.17) is 5.11 Å². The van der Waals surface area contributed by atoms with E-state index >= 15 is 0 Å². The van der Waals surface area contributed by atoms with Crippen LogP contribution in [-0.2, 0) is 22.4 Å². The number of hydrogen-bond acceptors (Lipinski definition) is 2. The molecule has 2 N–H and O–H groups in total. The Morgan fingerprint density at radius 2 is 1.76 bits per heavy atom. The standard InChI is InChI=1S/C21H25NO3/c1-14-5-4-6-17(9-14)11-19(13-21(24)25)22-20(23)12-18-8-7-15(2)16(3)10-18/h4-10,19H,11-13H2,1-3H3,(H,22,23)(H,24,25)/t19-/m1/s1. The quantitative estimate of drug-likeness (QED) is 0.813. The van der Waals surface area contributed by atoms with E-state index in [9.17, 15) is 9.59 Å². The highest BCUT2D eigenvalue weighted by Gasteiger charge is 2.17. The Bertz CT molecular complexity index is 767. The number of carboxylic acids is 1. The second kappa shape index (κ2) is 8.47. The molecule has 1 amide bonds. The zero-order chi connectivity index (χ0) is 18.4. The molecule has 2 rings (SSSR count). The van der Waals surface area contributed by atoms with Crippen molar-refractivity contribution < 1.29 is 14.7 Å². The van der Waals surface area contributed by atoms with Gasteiger partial charge in [-0.15, -0.1) is 0 Å². The maximum absolute atomic E-state index is 12.4. The van der Waals surface area contributed by atoms with Crippen LogP contribution < -0.4 is 5.32 Å². The third-order valence-corrected chi connectivity index (χ3v) is 4.29. The number of carboxylic acid groups (broad SMARTS) is 1. The molecule has 0 aromatic heterocycles. The molecular formula is C21H25NO3. The molecule has 25 heavy (non-hydrogen) atoms.